The van der Waals surface area contributed by atoms with E-state index in [2.05, 4.69) is 20.1 Å². The number of aromatic nitrogens is 3. The van der Waals surface area contributed by atoms with Gasteiger partial charge < -0.3 is 9.47 Å². The van der Waals surface area contributed by atoms with Crippen LogP contribution in [-0.2, 0) is 24.3 Å². The molecule has 1 aromatic heterocycles. The van der Waals surface area contributed by atoms with Gasteiger partial charge in [-0.1, -0.05) is 23.7 Å². The van der Waals surface area contributed by atoms with Gasteiger partial charge in [-0.05, 0) is 31.4 Å². The monoisotopic (exact) mass is 345 g/mol. The predicted octanol–water partition coefficient (Wildman–Crippen LogP) is 2.16. The van der Waals surface area contributed by atoms with Crippen molar-refractivity contribution in [1.29, 1.82) is 0 Å². The molecule has 3 heterocycles. The zero-order chi connectivity index (χ0) is 16.5. The van der Waals surface area contributed by atoms with Crippen LogP contribution in [0.15, 0.2) is 24.3 Å². The molecule has 1 atom stereocenters. The van der Waals surface area contributed by atoms with Gasteiger partial charge in [0.05, 0.1) is 23.3 Å². The first-order valence-electron chi connectivity index (χ1n) is 8.44. The van der Waals surface area contributed by atoms with E-state index in [9.17, 15) is 4.79 Å². The first kappa shape index (κ1) is 15.6. The molecule has 1 N–H and O–H groups in total. The smallest absolute Gasteiger partial charge is 0.244 e. The van der Waals surface area contributed by atoms with Crippen molar-refractivity contribution in [2.24, 2.45) is 0 Å². The summed E-state index contributed by atoms with van der Waals surface area (Å²) in [6.07, 6.45) is 4.11. The van der Waals surface area contributed by atoms with Crippen LogP contribution < -0.4 is 10.2 Å². The number of carbonyl (C=O) groups is 1. The second-order valence-electron chi connectivity index (χ2n) is 6.30. The summed E-state index contributed by atoms with van der Waals surface area (Å²) < 4.78 is 2.18. The van der Waals surface area contributed by atoms with Crippen LogP contribution in [-0.4, -0.2) is 33.3 Å². The lowest BCUT2D eigenvalue weighted by atomic mass is 10.1. The van der Waals surface area contributed by atoms with E-state index in [0.29, 0.717) is 18.1 Å². The van der Waals surface area contributed by atoms with Crippen LogP contribution in [0.1, 0.15) is 30.9 Å². The number of nitrogens with zero attached hydrogens (tertiary/aromatic N) is 4. The fraction of sp³-hybridized carbons (Fsp3) is 0.471. The van der Waals surface area contributed by atoms with Gasteiger partial charge in [0, 0.05) is 19.5 Å². The number of halogens is 1. The molecule has 7 heteroatoms. The minimum Gasteiger partial charge on any atom is -0.314 e. The molecular weight excluding hydrogens is 326 g/mol. The van der Waals surface area contributed by atoms with Crippen LogP contribution in [0.5, 0.6) is 0 Å². The summed E-state index contributed by atoms with van der Waals surface area (Å²) in [5, 5.41) is 12.5. The molecule has 0 bridgehead atoms. The van der Waals surface area contributed by atoms with Gasteiger partial charge in [0.2, 0.25) is 5.91 Å². The lowest BCUT2D eigenvalue weighted by molar-refractivity contribution is -0.118. The Morgan fingerprint density at radius 1 is 1.21 bits per heavy atom. The maximum absolute atomic E-state index is 12.7. The maximum atomic E-state index is 12.7. The van der Waals surface area contributed by atoms with Gasteiger partial charge in [-0.3, -0.25) is 10.1 Å². The highest BCUT2D eigenvalue weighted by molar-refractivity contribution is 6.33. The molecule has 1 amide bonds. The Morgan fingerprint density at radius 2 is 2.08 bits per heavy atom. The zero-order valence-corrected chi connectivity index (χ0v) is 14.2. The average molecular weight is 346 g/mol. The van der Waals surface area contributed by atoms with Crippen LogP contribution in [0.25, 0.3) is 0 Å². The standard InChI is InChI=1S/C17H20ClN5O/c18-12-5-1-2-6-14(12)22-10-8-13(17(22)24)19-11-16-21-20-15-7-3-4-9-23(15)16/h1-2,5-6,13,19H,3-4,7-11H2/t13-/m0/s1. The molecule has 0 spiro atoms. The molecular formula is C17H20ClN5O. The summed E-state index contributed by atoms with van der Waals surface area (Å²) in [4.78, 5) is 14.4. The van der Waals surface area contributed by atoms with Crippen molar-refractivity contribution in [3.63, 3.8) is 0 Å². The number of carbonyl (C=O) groups excluding carboxylic acids is 1. The third-order valence-electron chi connectivity index (χ3n) is 4.79. The highest BCUT2D eigenvalue weighted by Crippen LogP contribution is 2.29. The van der Waals surface area contributed by atoms with Gasteiger partial charge in [-0.2, -0.15) is 0 Å². The average Bonchev–Trinajstić information content (AvgIpc) is 3.17. The van der Waals surface area contributed by atoms with Crippen LogP contribution in [0, 0.1) is 0 Å². The Morgan fingerprint density at radius 3 is 2.96 bits per heavy atom. The zero-order valence-electron chi connectivity index (χ0n) is 13.4. The van der Waals surface area contributed by atoms with E-state index in [0.717, 1.165) is 36.7 Å². The van der Waals surface area contributed by atoms with Crippen molar-refractivity contribution in [2.75, 3.05) is 11.4 Å². The number of amides is 1. The van der Waals surface area contributed by atoms with Crippen molar-refractivity contribution in [2.45, 2.75) is 44.8 Å². The van der Waals surface area contributed by atoms with Gasteiger partial charge >= 0.3 is 0 Å². The molecule has 6 nitrogen and oxygen atoms in total. The SMILES string of the molecule is O=C1[C@@H](NCc2nnc3n2CCCC3)CCN1c1ccccc1Cl. The van der Waals surface area contributed by atoms with Gasteiger partial charge in [0.15, 0.2) is 0 Å². The third kappa shape index (κ3) is 2.80. The molecule has 126 valence electrons. The second-order valence-corrected chi connectivity index (χ2v) is 6.71. The summed E-state index contributed by atoms with van der Waals surface area (Å²) in [7, 11) is 0. The Hall–Kier alpha value is -1.92. The highest BCUT2D eigenvalue weighted by atomic mass is 35.5. The number of para-hydroxylation sites is 1. The molecule has 0 radical (unpaired) electrons. The van der Waals surface area contributed by atoms with Crippen LogP contribution in [0.2, 0.25) is 5.02 Å². The molecule has 0 unspecified atom stereocenters. The molecule has 24 heavy (non-hydrogen) atoms. The van der Waals surface area contributed by atoms with E-state index in [-0.39, 0.29) is 11.9 Å². The number of fused-ring (bicyclic) bond motifs is 1. The van der Waals surface area contributed by atoms with Crippen molar-refractivity contribution < 1.29 is 4.79 Å². The Labute approximate surface area is 145 Å². The van der Waals surface area contributed by atoms with E-state index in [1.165, 1.54) is 12.8 Å². The van der Waals surface area contributed by atoms with Crippen molar-refractivity contribution in [3.8, 4) is 0 Å². The number of hydrogen-bond acceptors (Lipinski definition) is 4. The predicted molar refractivity (Wildman–Crippen MR) is 92.0 cm³/mol. The number of benzene rings is 1. The third-order valence-corrected chi connectivity index (χ3v) is 5.11. The van der Waals surface area contributed by atoms with Gasteiger partial charge in [-0.25, -0.2) is 0 Å². The molecule has 2 aliphatic heterocycles. The van der Waals surface area contributed by atoms with Crippen molar-refractivity contribution in [3.05, 3.63) is 40.9 Å². The van der Waals surface area contributed by atoms with E-state index >= 15 is 0 Å². The minimum absolute atomic E-state index is 0.0708. The lowest BCUT2D eigenvalue weighted by Crippen LogP contribution is -2.38. The first-order chi connectivity index (χ1) is 11.7. The molecule has 2 aliphatic rings. The number of nitrogens with one attached hydrogen (secondary N) is 1. The number of anilines is 1. The van der Waals surface area contributed by atoms with Gasteiger partial charge in [0.1, 0.15) is 11.6 Å². The van der Waals surface area contributed by atoms with Crippen LogP contribution >= 0.6 is 11.6 Å². The fourth-order valence-electron chi connectivity index (χ4n) is 3.49. The number of hydrogen-bond donors (Lipinski definition) is 1. The summed E-state index contributed by atoms with van der Waals surface area (Å²) in [6.45, 7) is 2.22. The van der Waals surface area contributed by atoms with Gasteiger partial charge in [-0.15, -0.1) is 10.2 Å². The Kier molecular flexibility index (Phi) is 4.24. The Bertz CT molecular complexity index is 759. The van der Waals surface area contributed by atoms with Crippen LogP contribution in [0.4, 0.5) is 5.69 Å². The van der Waals surface area contributed by atoms with Gasteiger partial charge in [0.25, 0.3) is 0 Å². The maximum Gasteiger partial charge on any atom is 0.244 e. The topological polar surface area (TPSA) is 63.1 Å². The molecule has 2 aromatic rings. The molecule has 1 aromatic carbocycles. The minimum atomic E-state index is -0.196. The van der Waals surface area contributed by atoms with E-state index in [4.69, 9.17) is 11.6 Å². The number of rotatable bonds is 4. The van der Waals surface area contributed by atoms with Crippen molar-refractivity contribution >= 4 is 23.2 Å². The molecule has 1 saturated heterocycles. The summed E-state index contributed by atoms with van der Waals surface area (Å²) in [5.41, 5.74) is 0.785. The number of aryl methyl sites for hydroxylation is 1. The summed E-state index contributed by atoms with van der Waals surface area (Å²) >= 11 is 6.22. The fourth-order valence-corrected chi connectivity index (χ4v) is 3.73. The first-order valence-corrected chi connectivity index (χ1v) is 8.82. The largest absolute Gasteiger partial charge is 0.314 e. The molecule has 0 saturated carbocycles. The molecule has 1 fully saturated rings. The van der Waals surface area contributed by atoms with E-state index < -0.39 is 0 Å². The van der Waals surface area contributed by atoms with Crippen molar-refractivity contribution in [1.82, 2.24) is 20.1 Å². The summed E-state index contributed by atoms with van der Waals surface area (Å²) in [5.74, 6) is 2.06. The molecule has 0 aliphatic carbocycles. The summed E-state index contributed by atoms with van der Waals surface area (Å²) in [6, 6.07) is 7.27. The lowest BCUT2D eigenvalue weighted by Gasteiger charge is -2.19. The highest BCUT2D eigenvalue weighted by Gasteiger charge is 2.33. The quantitative estimate of drug-likeness (QED) is 0.922. The van der Waals surface area contributed by atoms with E-state index in [1.807, 2.05) is 24.3 Å². The molecule has 4 rings (SSSR count). The van der Waals surface area contributed by atoms with E-state index in [1.54, 1.807) is 4.90 Å². The normalized spacial score (nSPS) is 20.5. The van der Waals surface area contributed by atoms with Crippen LogP contribution in [0.3, 0.4) is 0 Å². The second kappa shape index (κ2) is 6.53. The Balaban J connectivity index is 1.42.